The number of nitrogens with two attached hydrogens (primary N) is 1. The van der Waals surface area contributed by atoms with Gasteiger partial charge in [-0.15, -0.1) is 0 Å². The summed E-state index contributed by atoms with van der Waals surface area (Å²) in [7, 11) is 0. The molecule has 1 aromatic heterocycles. The van der Waals surface area contributed by atoms with Gasteiger partial charge in [0.05, 0.1) is 17.8 Å². The molecular weight excluding hydrogens is 402 g/mol. The summed E-state index contributed by atoms with van der Waals surface area (Å²) in [5, 5.41) is 19.3. The summed E-state index contributed by atoms with van der Waals surface area (Å²) in [4.78, 5) is 4.24. The summed E-state index contributed by atoms with van der Waals surface area (Å²) in [6.07, 6.45) is -4.29. The van der Waals surface area contributed by atoms with Crippen LogP contribution in [0.4, 0.5) is 23.4 Å². The molecule has 0 aliphatic heterocycles. The highest BCUT2D eigenvalue weighted by Crippen LogP contribution is 2.22. The van der Waals surface area contributed by atoms with E-state index in [9.17, 15) is 22.8 Å². The third kappa shape index (κ3) is 6.65. The normalized spacial score (nSPS) is 11.9. The molecule has 1 heterocycles. The minimum absolute atomic E-state index is 0.157. The molecule has 4 N–H and O–H groups in total. The number of aliphatic imine (C=N–C) groups is 1. The molecule has 0 aliphatic carbocycles. The molecule has 7 nitrogen and oxygen atoms in total. The average Bonchev–Trinajstić information content (AvgIpc) is 3.00. The molecule has 0 spiro atoms. The molecule has 2 aromatic rings. The maximum atomic E-state index is 13.1. The second-order valence-corrected chi connectivity index (χ2v) is 6.36. The van der Waals surface area contributed by atoms with Crippen LogP contribution in [-0.2, 0) is 6.42 Å². The molecule has 162 valence electrons. The number of nitrogens with one attached hydrogen (secondary N) is 2. The number of aromatic nitrogens is 2. The van der Waals surface area contributed by atoms with Crippen molar-refractivity contribution in [1.82, 2.24) is 20.4 Å². The fourth-order valence-corrected chi connectivity index (χ4v) is 2.66. The molecule has 0 atom stereocenters. The molecule has 0 aliphatic rings. The zero-order valence-corrected chi connectivity index (χ0v) is 16.4. The summed E-state index contributed by atoms with van der Waals surface area (Å²) in [6, 6.07) is 7.57. The number of hydrogen-bond donors (Lipinski definition) is 3. The maximum Gasteiger partial charge on any atom is 0.390 e. The zero-order valence-electron chi connectivity index (χ0n) is 16.4. The van der Waals surface area contributed by atoms with E-state index in [0.717, 1.165) is 0 Å². The molecule has 1 aromatic carbocycles. The Morgan fingerprint density at radius 2 is 1.97 bits per heavy atom. The van der Waals surface area contributed by atoms with Crippen molar-refractivity contribution in [3.8, 4) is 11.8 Å². The van der Waals surface area contributed by atoms with Gasteiger partial charge in [0.15, 0.2) is 5.96 Å². The molecule has 0 fully saturated rings. The number of benzene rings is 1. The van der Waals surface area contributed by atoms with E-state index in [1.807, 2.05) is 13.0 Å². The van der Waals surface area contributed by atoms with Gasteiger partial charge in [0.1, 0.15) is 23.3 Å². The van der Waals surface area contributed by atoms with Crippen LogP contribution in [0.1, 0.15) is 31.0 Å². The molecule has 2 rings (SSSR count). The minimum atomic E-state index is -4.23. The molecule has 0 saturated heterocycles. The van der Waals surface area contributed by atoms with Gasteiger partial charge in [-0.3, -0.25) is 4.99 Å². The lowest BCUT2D eigenvalue weighted by Crippen LogP contribution is -2.39. The number of nitrogen functional groups attached to an aromatic ring is 1. The molecule has 30 heavy (non-hydrogen) atoms. The fraction of sp³-hybridized carbons (Fsp3) is 0.421. The Kier molecular flexibility index (Phi) is 8.03. The third-order valence-corrected chi connectivity index (χ3v) is 4.06. The number of aryl methyl sites for hydroxylation is 1. The summed E-state index contributed by atoms with van der Waals surface area (Å²) in [5.41, 5.74) is 7.25. The van der Waals surface area contributed by atoms with Gasteiger partial charge < -0.3 is 16.4 Å². The second-order valence-electron chi connectivity index (χ2n) is 6.36. The number of guanidine groups is 1. The van der Waals surface area contributed by atoms with Crippen molar-refractivity contribution in [3.05, 3.63) is 41.3 Å². The zero-order chi connectivity index (χ0) is 22.1. The number of alkyl halides is 3. The van der Waals surface area contributed by atoms with Crippen molar-refractivity contribution in [3.63, 3.8) is 0 Å². The SMILES string of the molecule is CCNC(=NCCCc1nn(-c2ccc(F)cc2)c(N)c1C#N)NCCC(F)(F)F. The van der Waals surface area contributed by atoms with E-state index in [1.54, 1.807) is 0 Å². The highest BCUT2D eigenvalue weighted by molar-refractivity contribution is 5.79. The number of hydrogen-bond acceptors (Lipinski definition) is 4. The lowest BCUT2D eigenvalue weighted by atomic mass is 10.1. The van der Waals surface area contributed by atoms with Crippen LogP contribution in [-0.4, -0.2) is 41.6 Å². The lowest BCUT2D eigenvalue weighted by molar-refractivity contribution is -0.132. The van der Waals surface area contributed by atoms with Gasteiger partial charge in [-0.1, -0.05) is 0 Å². The predicted molar refractivity (Wildman–Crippen MR) is 106 cm³/mol. The van der Waals surface area contributed by atoms with Crippen LogP contribution in [0.15, 0.2) is 29.3 Å². The second kappa shape index (κ2) is 10.5. The van der Waals surface area contributed by atoms with Crippen LogP contribution in [0.25, 0.3) is 5.69 Å². The number of halogens is 4. The van der Waals surface area contributed by atoms with Gasteiger partial charge in [0.25, 0.3) is 0 Å². The van der Waals surface area contributed by atoms with E-state index in [2.05, 4.69) is 20.7 Å². The lowest BCUT2D eigenvalue weighted by Gasteiger charge is -2.12. The van der Waals surface area contributed by atoms with Crippen molar-refractivity contribution < 1.29 is 17.6 Å². The third-order valence-electron chi connectivity index (χ3n) is 4.06. The molecule has 0 unspecified atom stereocenters. The first-order chi connectivity index (χ1) is 14.2. The number of rotatable bonds is 8. The van der Waals surface area contributed by atoms with E-state index in [1.165, 1.54) is 28.9 Å². The Labute approximate surface area is 171 Å². The Hall–Kier alpha value is -3.29. The summed E-state index contributed by atoms with van der Waals surface area (Å²) < 4.78 is 51.3. The Balaban J connectivity index is 2.00. The van der Waals surface area contributed by atoms with E-state index in [4.69, 9.17) is 5.73 Å². The van der Waals surface area contributed by atoms with Gasteiger partial charge in [-0.05, 0) is 44.0 Å². The van der Waals surface area contributed by atoms with Crippen molar-refractivity contribution in [1.29, 1.82) is 5.26 Å². The molecule has 0 amide bonds. The first-order valence-corrected chi connectivity index (χ1v) is 9.37. The standard InChI is InChI=1S/C19H23F4N7/c1-2-26-18(28-11-9-19(21,22)23)27-10-3-4-16-15(12-24)17(25)30(29-16)14-7-5-13(20)6-8-14/h5-8H,2-4,9-11,25H2,1H3,(H2,26,27,28). The van der Waals surface area contributed by atoms with Crippen LogP contribution in [0, 0.1) is 17.1 Å². The summed E-state index contributed by atoms with van der Waals surface area (Å²) >= 11 is 0. The Morgan fingerprint density at radius 3 is 2.57 bits per heavy atom. The van der Waals surface area contributed by atoms with Gasteiger partial charge in [-0.2, -0.15) is 23.5 Å². The summed E-state index contributed by atoms with van der Waals surface area (Å²) in [6.45, 7) is 2.36. The topological polar surface area (TPSA) is 104 Å². The Morgan fingerprint density at radius 1 is 1.27 bits per heavy atom. The van der Waals surface area contributed by atoms with E-state index < -0.39 is 18.4 Å². The first-order valence-electron chi connectivity index (χ1n) is 9.37. The van der Waals surface area contributed by atoms with E-state index in [-0.39, 0.29) is 17.9 Å². The van der Waals surface area contributed by atoms with Crippen molar-refractivity contribution in [2.45, 2.75) is 32.4 Å². The van der Waals surface area contributed by atoms with Gasteiger partial charge in [-0.25, -0.2) is 9.07 Å². The van der Waals surface area contributed by atoms with Crippen molar-refractivity contribution in [2.24, 2.45) is 4.99 Å². The number of nitriles is 1. The van der Waals surface area contributed by atoms with Crippen LogP contribution < -0.4 is 16.4 Å². The van der Waals surface area contributed by atoms with Crippen LogP contribution in [0.5, 0.6) is 0 Å². The first kappa shape index (κ1) is 23.0. The van der Waals surface area contributed by atoms with Gasteiger partial charge in [0, 0.05) is 19.6 Å². The Bertz CT molecular complexity index is 895. The predicted octanol–water partition coefficient (Wildman–Crippen LogP) is 2.91. The van der Waals surface area contributed by atoms with E-state index in [0.29, 0.717) is 43.3 Å². The van der Waals surface area contributed by atoms with Crippen molar-refractivity contribution in [2.75, 3.05) is 25.4 Å². The molecule has 11 heteroatoms. The molecule has 0 bridgehead atoms. The summed E-state index contributed by atoms with van der Waals surface area (Å²) in [5.74, 6) is 0.0479. The average molecular weight is 425 g/mol. The van der Waals surface area contributed by atoms with Gasteiger partial charge >= 0.3 is 6.18 Å². The molecule has 0 radical (unpaired) electrons. The number of nitrogens with zero attached hydrogens (tertiary/aromatic N) is 4. The molecule has 0 saturated carbocycles. The maximum absolute atomic E-state index is 13.1. The highest BCUT2D eigenvalue weighted by atomic mass is 19.4. The van der Waals surface area contributed by atoms with Gasteiger partial charge in [0.2, 0.25) is 0 Å². The smallest absolute Gasteiger partial charge is 0.382 e. The minimum Gasteiger partial charge on any atom is -0.382 e. The van der Waals surface area contributed by atoms with Crippen LogP contribution in [0.3, 0.4) is 0 Å². The monoisotopic (exact) mass is 425 g/mol. The molecular formula is C19H23F4N7. The van der Waals surface area contributed by atoms with Crippen molar-refractivity contribution >= 4 is 11.8 Å². The fourth-order valence-electron chi connectivity index (χ4n) is 2.66. The van der Waals surface area contributed by atoms with Crippen LogP contribution >= 0.6 is 0 Å². The quantitative estimate of drug-likeness (QED) is 0.261. The largest absolute Gasteiger partial charge is 0.390 e. The van der Waals surface area contributed by atoms with Crippen LogP contribution in [0.2, 0.25) is 0 Å². The number of anilines is 1. The van der Waals surface area contributed by atoms with E-state index >= 15 is 0 Å². The highest BCUT2D eigenvalue weighted by Gasteiger charge is 2.26.